The normalized spacial score (nSPS) is 12.5. The highest BCUT2D eigenvalue weighted by Crippen LogP contribution is 2.15. The summed E-state index contributed by atoms with van der Waals surface area (Å²) in [6.07, 6.45) is 63.4. The molecule has 0 N–H and O–H groups in total. The Morgan fingerprint density at radius 3 is 1.00 bits per heavy atom. The summed E-state index contributed by atoms with van der Waals surface area (Å²) < 4.78 is 16.8. The number of unbranched alkanes of at least 4 members (excludes halogenated alkanes) is 27. The molecule has 0 spiro atoms. The maximum Gasteiger partial charge on any atom is 0.306 e. The van der Waals surface area contributed by atoms with Crippen LogP contribution in [0.4, 0.5) is 0 Å². The van der Waals surface area contributed by atoms with Crippen molar-refractivity contribution in [1.82, 2.24) is 0 Å². The average Bonchev–Trinajstić information content (AvgIpc) is 3.28. The van der Waals surface area contributed by atoms with Crippen LogP contribution in [-0.4, -0.2) is 37.2 Å². The first kappa shape index (κ1) is 60.1. The number of carbonyl (C=O) groups is 3. The highest BCUT2D eigenvalue weighted by molar-refractivity contribution is 5.71. The van der Waals surface area contributed by atoms with Crippen LogP contribution in [0, 0.1) is 0 Å². The summed E-state index contributed by atoms with van der Waals surface area (Å²) in [5.41, 5.74) is 0. The van der Waals surface area contributed by atoms with E-state index >= 15 is 0 Å². The molecule has 0 aliphatic rings. The Morgan fingerprint density at radius 2 is 0.619 bits per heavy atom. The summed E-state index contributed by atoms with van der Waals surface area (Å²) in [6.45, 7) is 6.49. The number of allylic oxidation sites excluding steroid dienone is 10. The van der Waals surface area contributed by atoms with E-state index in [1.807, 2.05) is 0 Å². The molecule has 364 valence electrons. The fraction of sp³-hybridized carbons (Fsp3) is 0.772. The van der Waals surface area contributed by atoms with Crippen molar-refractivity contribution in [2.45, 2.75) is 271 Å². The molecule has 1 atom stereocenters. The molecule has 6 nitrogen and oxygen atoms in total. The van der Waals surface area contributed by atoms with E-state index in [1.54, 1.807) is 0 Å². The number of carbonyl (C=O) groups excluding carboxylic acids is 3. The molecule has 0 bridgehead atoms. The molecule has 0 saturated heterocycles. The van der Waals surface area contributed by atoms with Gasteiger partial charge in [0.15, 0.2) is 6.10 Å². The van der Waals surface area contributed by atoms with E-state index in [0.717, 1.165) is 103 Å². The molecule has 0 rings (SSSR count). The van der Waals surface area contributed by atoms with Gasteiger partial charge in [-0.3, -0.25) is 14.4 Å². The zero-order chi connectivity index (χ0) is 45.8. The minimum absolute atomic E-state index is 0.0796. The Kier molecular flexibility index (Phi) is 49.4. The molecule has 0 aromatic heterocycles. The van der Waals surface area contributed by atoms with Crippen molar-refractivity contribution in [3.05, 3.63) is 60.8 Å². The molecule has 0 amide bonds. The summed E-state index contributed by atoms with van der Waals surface area (Å²) in [5.74, 6) is -0.896. The van der Waals surface area contributed by atoms with Crippen molar-refractivity contribution in [2.75, 3.05) is 13.2 Å². The van der Waals surface area contributed by atoms with Crippen LogP contribution in [0.15, 0.2) is 60.8 Å². The topological polar surface area (TPSA) is 78.9 Å². The van der Waals surface area contributed by atoms with Gasteiger partial charge in [-0.25, -0.2) is 0 Å². The van der Waals surface area contributed by atoms with Gasteiger partial charge in [-0.2, -0.15) is 0 Å². The SMILES string of the molecule is CC/C=C\C/C=C\C/C=C\CCCCCCCC(=O)OC[C@H](COC(=O)CCCCCCCCCCCCC)OC(=O)CCCCCCCCCCC/C=C\C/C=C\CCCCC. The number of esters is 3. The predicted octanol–water partition coefficient (Wildman–Crippen LogP) is 17.6. The maximum atomic E-state index is 12.8. The summed E-state index contributed by atoms with van der Waals surface area (Å²) in [5, 5.41) is 0. The van der Waals surface area contributed by atoms with E-state index in [0.29, 0.717) is 19.3 Å². The minimum Gasteiger partial charge on any atom is -0.462 e. The maximum absolute atomic E-state index is 12.8. The monoisotopic (exact) mass is 881 g/mol. The Labute approximate surface area is 390 Å². The van der Waals surface area contributed by atoms with Gasteiger partial charge in [-0.1, -0.05) is 223 Å². The number of rotatable bonds is 48. The van der Waals surface area contributed by atoms with Crippen LogP contribution in [0.1, 0.15) is 265 Å². The van der Waals surface area contributed by atoms with Crippen molar-refractivity contribution in [2.24, 2.45) is 0 Å². The van der Waals surface area contributed by atoms with Crippen molar-refractivity contribution in [3.8, 4) is 0 Å². The molecule has 0 fully saturated rings. The molecular formula is C57H100O6. The van der Waals surface area contributed by atoms with Crippen molar-refractivity contribution < 1.29 is 28.6 Å². The molecule has 0 heterocycles. The van der Waals surface area contributed by atoms with E-state index in [2.05, 4.69) is 81.5 Å². The fourth-order valence-corrected chi connectivity index (χ4v) is 7.49. The highest BCUT2D eigenvalue weighted by atomic mass is 16.6. The summed E-state index contributed by atoms with van der Waals surface area (Å²) >= 11 is 0. The lowest BCUT2D eigenvalue weighted by Crippen LogP contribution is -2.30. The number of hydrogen-bond acceptors (Lipinski definition) is 6. The quantitative estimate of drug-likeness (QED) is 0.0262. The summed E-state index contributed by atoms with van der Waals surface area (Å²) in [7, 11) is 0. The Balaban J connectivity index is 4.36. The molecule has 0 aromatic rings. The smallest absolute Gasteiger partial charge is 0.306 e. The molecule has 0 radical (unpaired) electrons. The van der Waals surface area contributed by atoms with Gasteiger partial charge in [-0.15, -0.1) is 0 Å². The third-order valence-electron chi connectivity index (χ3n) is 11.5. The zero-order valence-corrected chi connectivity index (χ0v) is 41.6. The Morgan fingerprint density at radius 1 is 0.333 bits per heavy atom. The van der Waals surface area contributed by atoms with E-state index in [9.17, 15) is 14.4 Å². The third kappa shape index (κ3) is 50.0. The van der Waals surface area contributed by atoms with Gasteiger partial charge in [0.1, 0.15) is 13.2 Å². The van der Waals surface area contributed by atoms with E-state index in [-0.39, 0.29) is 31.1 Å². The van der Waals surface area contributed by atoms with E-state index < -0.39 is 6.10 Å². The molecule has 0 aliphatic carbocycles. The molecule has 63 heavy (non-hydrogen) atoms. The molecule has 0 saturated carbocycles. The van der Waals surface area contributed by atoms with Gasteiger partial charge < -0.3 is 14.2 Å². The second kappa shape index (κ2) is 51.7. The molecule has 0 aromatic carbocycles. The number of hydrogen-bond donors (Lipinski definition) is 0. The molecule has 0 aliphatic heterocycles. The lowest BCUT2D eigenvalue weighted by Gasteiger charge is -2.18. The summed E-state index contributed by atoms with van der Waals surface area (Å²) in [4.78, 5) is 38.0. The van der Waals surface area contributed by atoms with Crippen molar-refractivity contribution in [1.29, 1.82) is 0 Å². The largest absolute Gasteiger partial charge is 0.462 e. The zero-order valence-electron chi connectivity index (χ0n) is 41.6. The molecule has 0 unspecified atom stereocenters. The van der Waals surface area contributed by atoms with Crippen molar-refractivity contribution in [3.63, 3.8) is 0 Å². The van der Waals surface area contributed by atoms with Crippen LogP contribution < -0.4 is 0 Å². The molecule has 6 heteroatoms. The fourth-order valence-electron chi connectivity index (χ4n) is 7.49. The van der Waals surface area contributed by atoms with Crippen LogP contribution in [0.2, 0.25) is 0 Å². The summed E-state index contributed by atoms with van der Waals surface area (Å²) in [6, 6.07) is 0. The average molecular weight is 881 g/mol. The van der Waals surface area contributed by atoms with Gasteiger partial charge in [0, 0.05) is 19.3 Å². The molecular weight excluding hydrogens is 781 g/mol. The first-order valence-electron chi connectivity index (χ1n) is 26.8. The van der Waals surface area contributed by atoms with Crippen LogP contribution >= 0.6 is 0 Å². The van der Waals surface area contributed by atoms with Gasteiger partial charge in [0.25, 0.3) is 0 Å². The lowest BCUT2D eigenvalue weighted by molar-refractivity contribution is -0.167. The first-order chi connectivity index (χ1) is 31.0. The Hall–Kier alpha value is -2.89. The number of ether oxygens (including phenoxy) is 3. The second-order valence-corrected chi connectivity index (χ2v) is 17.8. The van der Waals surface area contributed by atoms with Crippen LogP contribution in [0.5, 0.6) is 0 Å². The lowest BCUT2D eigenvalue weighted by atomic mass is 10.1. The standard InChI is InChI=1S/C57H100O6/c1-4-7-10-13-16-19-22-24-26-27-28-29-31-33-36-39-42-45-48-51-57(60)63-54(52-61-55(58)49-46-43-40-37-34-21-18-15-12-9-6-3)53-62-56(59)50-47-44-41-38-35-32-30-25-23-20-17-14-11-8-5-2/h8,11,16-17,19-20,24-26,30,54H,4-7,9-10,12-15,18,21-23,27-29,31-53H2,1-3H3/b11-8-,19-16-,20-17-,26-24-,30-25-/t54-/m0/s1. The van der Waals surface area contributed by atoms with Crippen LogP contribution in [0.25, 0.3) is 0 Å². The van der Waals surface area contributed by atoms with Crippen LogP contribution in [-0.2, 0) is 28.6 Å². The van der Waals surface area contributed by atoms with Gasteiger partial charge in [-0.05, 0) is 83.5 Å². The van der Waals surface area contributed by atoms with Crippen LogP contribution in [0.3, 0.4) is 0 Å². The van der Waals surface area contributed by atoms with Gasteiger partial charge in [0.2, 0.25) is 0 Å². The Bertz CT molecular complexity index is 1150. The minimum atomic E-state index is -0.781. The third-order valence-corrected chi connectivity index (χ3v) is 11.5. The predicted molar refractivity (Wildman–Crippen MR) is 270 cm³/mol. The first-order valence-corrected chi connectivity index (χ1v) is 26.8. The highest BCUT2D eigenvalue weighted by Gasteiger charge is 2.19. The van der Waals surface area contributed by atoms with Gasteiger partial charge in [0.05, 0.1) is 0 Å². The van der Waals surface area contributed by atoms with Gasteiger partial charge >= 0.3 is 17.9 Å². The van der Waals surface area contributed by atoms with E-state index in [4.69, 9.17) is 14.2 Å². The van der Waals surface area contributed by atoms with E-state index in [1.165, 1.54) is 122 Å². The van der Waals surface area contributed by atoms with Crippen molar-refractivity contribution >= 4 is 17.9 Å². The second-order valence-electron chi connectivity index (χ2n) is 17.8.